The molecule has 5 fully saturated rings. The van der Waals surface area contributed by atoms with Crippen molar-refractivity contribution >= 4 is 11.9 Å². The Kier molecular flexibility index (Phi) is 6.80. The third-order valence-electron chi connectivity index (χ3n) is 7.44. The molecule has 0 N–H and O–H groups in total. The summed E-state index contributed by atoms with van der Waals surface area (Å²) in [4.78, 5) is 24.3. The molecule has 0 aromatic rings. The summed E-state index contributed by atoms with van der Waals surface area (Å²) >= 11 is 0. The standard InChI is InChI=1S/C25H36O7/c1-14(2)23(26)30-13-29-22-18-8-16-7-17(10-18)20(21(22)9-16)6-15(3)24(27)28-11-19-12-31-25(4,5)32-19/h6,16-22H,1,7-13H2,2-5H3/b15-6+. The van der Waals surface area contributed by atoms with Crippen LogP contribution < -0.4 is 0 Å². The molecule has 0 aromatic carbocycles. The molecule has 0 aromatic heterocycles. The predicted octanol–water partition coefficient (Wildman–Crippen LogP) is 3.77. The van der Waals surface area contributed by atoms with E-state index in [2.05, 4.69) is 12.7 Å². The van der Waals surface area contributed by atoms with Gasteiger partial charge in [0.15, 0.2) is 12.6 Å². The third kappa shape index (κ3) is 5.10. The largest absolute Gasteiger partial charge is 0.459 e. The van der Waals surface area contributed by atoms with Gasteiger partial charge in [0.2, 0.25) is 0 Å². The summed E-state index contributed by atoms with van der Waals surface area (Å²) in [5.41, 5.74) is 1.000. The van der Waals surface area contributed by atoms with Crippen molar-refractivity contribution in [3.8, 4) is 0 Å². The number of carbonyl (C=O) groups is 2. The smallest absolute Gasteiger partial charge is 0.335 e. The quantitative estimate of drug-likeness (QED) is 0.318. The molecule has 4 saturated carbocycles. The normalized spacial score (nSPS) is 37.4. The highest BCUT2D eigenvalue weighted by Crippen LogP contribution is 2.58. The van der Waals surface area contributed by atoms with E-state index in [0.717, 1.165) is 18.8 Å². The summed E-state index contributed by atoms with van der Waals surface area (Å²) in [6.07, 6.45) is 6.51. The lowest BCUT2D eigenvalue weighted by molar-refractivity contribution is -0.192. The van der Waals surface area contributed by atoms with E-state index in [0.29, 0.717) is 35.5 Å². The molecule has 5 rings (SSSR count). The number of hydrogen-bond donors (Lipinski definition) is 0. The van der Waals surface area contributed by atoms with Crippen LogP contribution in [0.25, 0.3) is 0 Å². The summed E-state index contributed by atoms with van der Waals surface area (Å²) in [5, 5.41) is 0. The molecule has 4 aliphatic carbocycles. The third-order valence-corrected chi connectivity index (χ3v) is 7.44. The SMILES string of the molecule is C=C(C)C(=O)OCOC1C2CC3CC(C2)C(/C=C(\C)C(=O)OCC2COC(C)(C)O2)C1C3. The van der Waals surface area contributed by atoms with Crippen molar-refractivity contribution < 1.29 is 33.3 Å². The molecule has 0 radical (unpaired) electrons. The average molecular weight is 449 g/mol. The van der Waals surface area contributed by atoms with E-state index in [9.17, 15) is 9.59 Å². The van der Waals surface area contributed by atoms with Crippen molar-refractivity contribution in [2.45, 2.75) is 71.4 Å². The van der Waals surface area contributed by atoms with Gasteiger partial charge in [0.05, 0.1) is 12.7 Å². The first-order valence-electron chi connectivity index (χ1n) is 11.7. The highest BCUT2D eigenvalue weighted by atomic mass is 16.7. The molecule has 178 valence electrons. The highest BCUT2D eigenvalue weighted by molar-refractivity contribution is 5.87. The van der Waals surface area contributed by atoms with E-state index in [1.165, 1.54) is 12.8 Å². The van der Waals surface area contributed by atoms with Crippen LogP contribution in [0.1, 0.15) is 53.4 Å². The van der Waals surface area contributed by atoms with E-state index < -0.39 is 11.8 Å². The fraction of sp³-hybridized carbons (Fsp3) is 0.760. The summed E-state index contributed by atoms with van der Waals surface area (Å²) < 4.78 is 28.0. The van der Waals surface area contributed by atoms with Crippen molar-refractivity contribution in [3.05, 3.63) is 23.8 Å². The van der Waals surface area contributed by atoms with Crippen LogP contribution in [0, 0.1) is 29.6 Å². The topological polar surface area (TPSA) is 80.3 Å². The minimum Gasteiger partial charge on any atom is -0.459 e. The maximum Gasteiger partial charge on any atom is 0.335 e. The van der Waals surface area contributed by atoms with Gasteiger partial charge < -0.3 is 23.7 Å². The molecule has 7 atom stereocenters. The Morgan fingerprint density at radius 3 is 2.50 bits per heavy atom. The second kappa shape index (κ2) is 9.27. The lowest BCUT2D eigenvalue weighted by atomic mass is 9.50. The molecular formula is C25H36O7. The molecule has 1 aliphatic heterocycles. The lowest BCUT2D eigenvalue weighted by Gasteiger charge is -2.57. The van der Waals surface area contributed by atoms with Crippen LogP contribution in [0.3, 0.4) is 0 Å². The zero-order valence-electron chi connectivity index (χ0n) is 19.6. The van der Waals surface area contributed by atoms with Gasteiger partial charge in [-0.25, -0.2) is 9.59 Å². The highest BCUT2D eigenvalue weighted by Gasteiger charge is 2.53. The van der Waals surface area contributed by atoms with E-state index in [4.69, 9.17) is 23.7 Å². The second-order valence-corrected chi connectivity index (χ2v) is 10.4. The van der Waals surface area contributed by atoms with E-state index >= 15 is 0 Å². The monoisotopic (exact) mass is 448 g/mol. The number of allylic oxidation sites excluding steroid dienone is 1. The Balaban J connectivity index is 1.35. The van der Waals surface area contributed by atoms with Crippen LogP contribution in [0.5, 0.6) is 0 Å². The Hall–Kier alpha value is -1.70. The molecule has 1 saturated heterocycles. The Morgan fingerprint density at radius 2 is 1.81 bits per heavy atom. The van der Waals surface area contributed by atoms with Crippen LogP contribution in [-0.2, 0) is 33.3 Å². The Bertz CT molecular complexity index is 785. The molecule has 1 heterocycles. The van der Waals surface area contributed by atoms with E-state index in [-0.39, 0.29) is 37.5 Å². The summed E-state index contributed by atoms with van der Waals surface area (Å²) in [7, 11) is 0. The zero-order chi connectivity index (χ0) is 23.0. The number of carbonyl (C=O) groups excluding carboxylic acids is 2. The number of hydrogen-bond acceptors (Lipinski definition) is 7. The summed E-state index contributed by atoms with van der Waals surface area (Å²) in [6.45, 7) is 11.3. The molecule has 7 heteroatoms. The van der Waals surface area contributed by atoms with Gasteiger partial charge in [0.1, 0.15) is 12.7 Å². The fourth-order valence-corrected chi connectivity index (χ4v) is 6.20. The molecular weight excluding hydrogens is 412 g/mol. The summed E-state index contributed by atoms with van der Waals surface area (Å²) in [5.74, 6) is 1.07. The Morgan fingerprint density at radius 1 is 1.06 bits per heavy atom. The second-order valence-electron chi connectivity index (χ2n) is 10.4. The average Bonchev–Trinajstić information content (AvgIpc) is 3.08. The van der Waals surface area contributed by atoms with Crippen LogP contribution in [-0.4, -0.2) is 49.9 Å². The first kappa shape index (κ1) is 23.5. The minimum atomic E-state index is -0.629. The van der Waals surface area contributed by atoms with Crippen molar-refractivity contribution in [1.82, 2.24) is 0 Å². The Labute approximate surface area is 190 Å². The van der Waals surface area contributed by atoms with Crippen LogP contribution >= 0.6 is 0 Å². The number of esters is 2. The van der Waals surface area contributed by atoms with Gasteiger partial charge in [-0.1, -0.05) is 12.7 Å². The van der Waals surface area contributed by atoms with Gasteiger partial charge in [-0.05, 0) is 83.0 Å². The predicted molar refractivity (Wildman–Crippen MR) is 116 cm³/mol. The van der Waals surface area contributed by atoms with E-state index in [1.807, 2.05) is 20.8 Å². The molecule has 32 heavy (non-hydrogen) atoms. The van der Waals surface area contributed by atoms with Crippen LogP contribution in [0.4, 0.5) is 0 Å². The van der Waals surface area contributed by atoms with Gasteiger partial charge in [0.25, 0.3) is 0 Å². The molecule has 4 bridgehead atoms. The zero-order valence-corrected chi connectivity index (χ0v) is 19.6. The van der Waals surface area contributed by atoms with Gasteiger partial charge in [-0.2, -0.15) is 0 Å². The van der Waals surface area contributed by atoms with Crippen LogP contribution in [0.2, 0.25) is 0 Å². The van der Waals surface area contributed by atoms with Gasteiger partial charge >= 0.3 is 11.9 Å². The molecule has 7 unspecified atom stereocenters. The van der Waals surface area contributed by atoms with Crippen molar-refractivity contribution in [1.29, 1.82) is 0 Å². The van der Waals surface area contributed by atoms with Crippen molar-refractivity contribution in [2.75, 3.05) is 20.0 Å². The molecule has 5 aliphatic rings. The number of ether oxygens (including phenoxy) is 5. The van der Waals surface area contributed by atoms with Crippen molar-refractivity contribution in [2.24, 2.45) is 29.6 Å². The maximum atomic E-state index is 12.6. The maximum absolute atomic E-state index is 12.6. The van der Waals surface area contributed by atoms with Gasteiger partial charge in [0, 0.05) is 11.1 Å². The fourth-order valence-electron chi connectivity index (χ4n) is 6.20. The lowest BCUT2D eigenvalue weighted by Crippen LogP contribution is -2.54. The first-order chi connectivity index (χ1) is 15.1. The minimum absolute atomic E-state index is 0.0457. The molecule has 0 amide bonds. The van der Waals surface area contributed by atoms with E-state index in [1.54, 1.807) is 6.92 Å². The molecule has 0 spiro atoms. The van der Waals surface area contributed by atoms with Crippen molar-refractivity contribution in [3.63, 3.8) is 0 Å². The molecule has 7 nitrogen and oxygen atoms in total. The van der Waals surface area contributed by atoms with Gasteiger partial charge in [-0.15, -0.1) is 0 Å². The summed E-state index contributed by atoms with van der Waals surface area (Å²) in [6, 6.07) is 0. The first-order valence-corrected chi connectivity index (χ1v) is 11.7. The van der Waals surface area contributed by atoms with Crippen LogP contribution in [0.15, 0.2) is 23.8 Å². The number of rotatable bonds is 8. The van der Waals surface area contributed by atoms with Gasteiger partial charge in [-0.3, -0.25) is 0 Å².